The van der Waals surface area contributed by atoms with Crippen LogP contribution in [0.2, 0.25) is 0 Å². The zero-order valence-electron chi connectivity index (χ0n) is 13.2. The highest BCUT2D eigenvalue weighted by Crippen LogP contribution is 2.38. The van der Waals surface area contributed by atoms with Crippen molar-refractivity contribution >= 4 is 22.2 Å². The summed E-state index contributed by atoms with van der Waals surface area (Å²) in [7, 11) is 2.00. The molecule has 0 spiro atoms. The molecule has 2 heterocycles. The van der Waals surface area contributed by atoms with Crippen molar-refractivity contribution in [2.45, 2.75) is 39.7 Å². The Morgan fingerprint density at radius 2 is 2.14 bits per heavy atom. The van der Waals surface area contributed by atoms with Gasteiger partial charge in [-0.3, -0.25) is 0 Å². The number of hydrogen-bond donors (Lipinski definition) is 1. The van der Waals surface area contributed by atoms with Crippen molar-refractivity contribution in [3.05, 3.63) is 39.9 Å². The van der Waals surface area contributed by atoms with Gasteiger partial charge in [0.1, 0.15) is 0 Å². The van der Waals surface area contributed by atoms with Gasteiger partial charge in [0.05, 0.1) is 5.69 Å². The third kappa shape index (κ3) is 2.70. The molecule has 2 aromatic rings. The first-order chi connectivity index (χ1) is 10.1. The summed E-state index contributed by atoms with van der Waals surface area (Å²) in [5, 5.41) is 4.45. The zero-order valence-corrected chi connectivity index (χ0v) is 14.0. The Labute approximate surface area is 131 Å². The molecule has 0 saturated carbocycles. The number of thiazole rings is 1. The van der Waals surface area contributed by atoms with E-state index in [1.54, 1.807) is 0 Å². The monoisotopic (exact) mass is 301 g/mol. The molecule has 0 saturated heterocycles. The van der Waals surface area contributed by atoms with Gasteiger partial charge in [-0.25, -0.2) is 4.98 Å². The molecule has 3 nitrogen and oxygen atoms in total. The third-order valence-corrected chi connectivity index (χ3v) is 5.60. The van der Waals surface area contributed by atoms with Crippen LogP contribution in [0.3, 0.4) is 0 Å². The lowest BCUT2D eigenvalue weighted by atomic mass is 10.00. The lowest BCUT2D eigenvalue weighted by Gasteiger charge is -2.29. The lowest BCUT2D eigenvalue weighted by Crippen LogP contribution is -2.24. The Morgan fingerprint density at radius 3 is 2.90 bits per heavy atom. The number of nitrogens with zero attached hydrogens (tertiary/aromatic N) is 2. The average molecular weight is 301 g/mol. The van der Waals surface area contributed by atoms with E-state index in [9.17, 15) is 0 Å². The quantitative estimate of drug-likeness (QED) is 0.924. The second kappa shape index (κ2) is 5.78. The number of aryl methyl sites for hydroxylation is 3. The molecule has 0 aliphatic carbocycles. The molecule has 4 heteroatoms. The van der Waals surface area contributed by atoms with Gasteiger partial charge in [-0.15, -0.1) is 0 Å². The van der Waals surface area contributed by atoms with Gasteiger partial charge in [-0.2, -0.15) is 0 Å². The molecule has 21 heavy (non-hydrogen) atoms. The summed E-state index contributed by atoms with van der Waals surface area (Å²) in [4.78, 5) is 8.56. The zero-order chi connectivity index (χ0) is 15.0. The fraction of sp³-hybridized carbons (Fsp3) is 0.471. The van der Waals surface area contributed by atoms with Gasteiger partial charge >= 0.3 is 0 Å². The summed E-state index contributed by atoms with van der Waals surface area (Å²) < 4.78 is 0. The molecule has 1 atom stereocenters. The molecular weight excluding hydrogens is 278 g/mol. The maximum absolute atomic E-state index is 4.83. The number of anilines is 2. The van der Waals surface area contributed by atoms with Crippen LogP contribution in [0.5, 0.6) is 0 Å². The van der Waals surface area contributed by atoms with E-state index < -0.39 is 0 Å². The van der Waals surface area contributed by atoms with Crippen molar-refractivity contribution in [3.8, 4) is 0 Å². The fourth-order valence-electron chi connectivity index (χ4n) is 2.97. The van der Waals surface area contributed by atoms with Gasteiger partial charge < -0.3 is 10.2 Å². The minimum absolute atomic E-state index is 0.360. The molecule has 1 aromatic heterocycles. The van der Waals surface area contributed by atoms with E-state index in [2.05, 4.69) is 49.2 Å². The van der Waals surface area contributed by atoms with Crippen LogP contribution in [0.1, 0.15) is 41.1 Å². The molecular formula is C17H23N3S. The van der Waals surface area contributed by atoms with E-state index in [1.165, 1.54) is 34.5 Å². The third-order valence-electron chi connectivity index (χ3n) is 4.23. The fourth-order valence-corrected chi connectivity index (χ4v) is 4.13. The SMILES string of the molecule is CNC(C)c1sc(N2CCCc3cc(C)ccc32)nc1C. The molecule has 3 rings (SSSR count). The second-order valence-electron chi connectivity index (χ2n) is 5.84. The van der Waals surface area contributed by atoms with Crippen LogP contribution in [-0.4, -0.2) is 18.6 Å². The summed E-state index contributed by atoms with van der Waals surface area (Å²) in [5.41, 5.74) is 5.29. The van der Waals surface area contributed by atoms with Gasteiger partial charge in [-0.1, -0.05) is 29.0 Å². The van der Waals surface area contributed by atoms with Crippen LogP contribution in [0, 0.1) is 13.8 Å². The number of nitrogens with one attached hydrogen (secondary N) is 1. The van der Waals surface area contributed by atoms with Crippen molar-refractivity contribution in [1.82, 2.24) is 10.3 Å². The van der Waals surface area contributed by atoms with E-state index in [0.29, 0.717) is 6.04 Å². The highest BCUT2D eigenvalue weighted by molar-refractivity contribution is 7.15. The molecule has 1 aliphatic rings. The smallest absolute Gasteiger partial charge is 0.190 e. The number of benzene rings is 1. The van der Waals surface area contributed by atoms with Gasteiger partial charge in [0.15, 0.2) is 5.13 Å². The normalized spacial score (nSPS) is 15.9. The van der Waals surface area contributed by atoms with Crippen LogP contribution in [0.15, 0.2) is 18.2 Å². The molecule has 1 aliphatic heterocycles. The highest BCUT2D eigenvalue weighted by atomic mass is 32.1. The van der Waals surface area contributed by atoms with Gasteiger partial charge in [0.25, 0.3) is 0 Å². The van der Waals surface area contributed by atoms with E-state index in [4.69, 9.17) is 4.98 Å². The van der Waals surface area contributed by atoms with E-state index in [-0.39, 0.29) is 0 Å². The Bertz CT molecular complexity index is 647. The van der Waals surface area contributed by atoms with Gasteiger partial charge in [0, 0.05) is 23.2 Å². The first-order valence-electron chi connectivity index (χ1n) is 7.62. The van der Waals surface area contributed by atoms with Gasteiger partial charge in [0.2, 0.25) is 0 Å². The van der Waals surface area contributed by atoms with Gasteiger partial charge in [-0.05, 0) is 52.3 Å². The highest BCUT2D eigenvalue weighted by Gasteiger charge is 2.22. The largest absolute Gasteiger partial charge is 0.318 e. The Balaban J connectivity index is 1.99. The van der Waals surface area contributed by atoms with E-state index >= 15 is 0 Å². The average Bonchev–Trinajstić information content (AvgIpc) is 2.87. The minimum atomic E-state index is 0.360. The lowest BCUT2D eigenvalue weighted by molar-refractivity contribution is 0.658. The number of hydrogen-bond acceptors (Lipinski definition) is 4. The number of rotatable bonds is 3. The van der Waals surface area contributed by atoms with Crippen LogP contribution in [0.4, 0.5) is 10.8 Å². The summed E-state index contributed by atoms with van der Waals surface area (Å²) in [6.45, 7) is 7.54. The predicted octanol–water partition coefficient (Wildman–Crippen LogP) is 4.12. The molecule has 1 unspecified atom stereocenters. The number of fused-ring (bicyclic) bond motifs is 1. The number of aromatic nitrogens is 1. The standard InChI is InChI=1S/C17H23N3S/c1-11-7-8-15-14(10-11)6-5-9-20(15)17-19-13(3)16(21-17)12(2)18-4/h7-8,10,12,18H,5-6,9H2,1-4H3. The Hall–Kier alpha value is -1.39. The first kappa shape index (κ1) is 14.5. The van der Waals surface area contributed by atoms with E-state index in [1.807, 2.05) is 18.4 Å². The van der Waals surface area contributed by atoms with Crippen LogP contribution >= 0.6 is 11.3 Å². The Morgan fingerprint density at radius 1 is 1.33 bits per heavy atom. The van der Waals surface area contributed by atoms with E-state index in [0.717, 1.165) is 17.4 Å². The molecule has 0 radical (unpaired) electrons. The molecule has 0 fully saturated rings. The van der Waals surface area contributed by atoms with Crippen LogP contribution in [0.25, 0.3) is 0 Å². The molecule has 112 valence electrons. The molecule has 1 aromatic carbocycles. The summed E-state index contributed by atoms with van der Waals surface area (Å²) >= 11 is 1.82. The predicted molar refractivity (Wildman–Crippen MR) is 90.8 cm³/mol. The molecule has 0 bridgehead atoms. The summed E-state index contributed by atoms with van der Waals surface area (Å²) in [6, 6.07) is 7.13. The summed E-state index contributed by atoms with van der Waals surface area (Å²) in [6.07, 6.45) is 2.38. The van der Waals surface area contributed by atoms with Crippen LogP contribution in [-0.2, 0) is 6.42 Å². The first-order valence-corrected chi connectivity index (χ1v) is 8.43. The maximum Gasteiger partial charge on any atom is 0.190 e. The van der Waals surface area contributed by atoms with Crippen molar-refractivity contribution in [2.75, 3.05) is 18.5 Å². The maximum atomic E-state index is 4.83. The van der Waals surface area contributed by atoms with Crippen molar-refractivity contribution in [1.29, 1.82) is 0 Å². The molecule has 1 N–H and O–H groups in total. The van der Waals surface area contributed by atoms with Crippen molar-refractivity contribution in [2.24, 2.45) is 0 Å². The van der Waals surface area contributed by atoms with Crippen molar-refractivity contribution in [3.63, 3.8) is 0 Å². The minimum Gasteiger partial charge on any atom is -0.318 e. The Kier molecular flexibility index (Phi) is 4.00. The second-order valence-corrected chi connectivity index (χ2v) is 6.85. The van der Waals surface area contributed by atoms with Crippen LogP contribution < -0.4 is 10.2 Å². The van der Waals surface area contributed by atoms with Crippen molar-refractivity contribution < 1.29 is 0 Å². The molecule has 0 amide bonds. The summed E-state index contributed by atoms with van der Waals surface area (Å²) in [5.74, 6) is 0. The topological polar surface area (TPSA) is 28.2 Å².